The van der Waals surface area contributed by atoms with E-state index in [-0.39, 0.29) is 0 Å². The van der Waals surface area contributed by atoms with E-state index in [9.17, 15) is 0 Å². The highest BCUT2D eigenvalue weighted by molar-refractivity contribution is 5.88. The van der Waals surface area contributed by atoms with Crippen LogP contribution in [0.1, 0.15) is 55.6 Å². The van der Waals surface area contributed by atoms with E-state index in [0.717, 1.165) is 90.3 Å². The highest BCUT2D eigenvalue weighted by Crippen LogP contribution is 2.40. The number of hydrogen-bond acceptors (Lipinski definition) is 6. The fourth-order valence-electron chi connectivity index (χ4n) is 9.32. The minimum atomic E-state index is 1.01. The van der Waals surface area contributed by atoms with Crippen molar-refractivity contribution in [3.8, 4) is 11.1 Å². The van der Waals surface area contributed by atoms with E-state index in [1.807, 2.05) is 22.4 Å². The van der Waals surface area contributed by atoms with Crippen LogP contribution < -0.4 is 19.8 Å². The van der Waals surface area contributed by atoms with Crippen molar-refractivity contribution < 1.29 is 0 Å². The molecule has 0 heterocycles. The Morgan fingerprint density at radius 1 is 0.237 bits per heavy atom. The van der Waals surface area contributed by atoms with Crippen LogP contribution in [0.5, 0.6) is 0 Å². The number of hydrogen-bond donors (Lipinski definition) is 0. The summed E-state index contributed by atoms with van der Waals surface area (Å²) in [5.74, 6) is 0. The summed E-state index contributed by atoms with van der Waals surface area (Å²) in [6, 6.07) is 82.5. The SMILES string of the molecule is Cc1ccc(N(/N=C/c2ccc(N(c3ccc(C)cc3)c3ccc(-c4ccc(N(c5ccc(C)cc5)c5ccc(/C=N/N(c6ccc(C)cc6)c6ccc(C)cc6)c(C)c5)cc4)cc3)cc2C)c2ccc(C)cc2)cc1. The summed E-state index contributed by atoms with van der Waals surface area (Å²) in [7, 11) is 0. The second-order valence-electron chi connectivity index (χ2n) is 20.0. The van der Waals surface area contributed by atoms with Crippen LogP contribution >= 0.6 is 0 Å². The van der Waals surface area contributed by atoms with Crippen molar-refractivity contribution in [1.29, 1.82) is 0 Å². The van der Waals surface area contributed by atoms with Gasteiger partial charge in [0, 0.05) is 34.1 Å². The third kappa shape index (κ3) is 11.6. The Labute approximate surface area is 449 Å². The van der Waals surface area contributed by atoms with Gasteiger partial charge >= 0.3 is 0 Å². The third-order valence-corrected chi connectivity index (χ3v) is 13.9. The van der Waals surface area contributed by atoms with Crippen molar-refractivity contribution in [1.82, 2.24) is 0 Å². The maximum atomic E-state index is 5.07. The largest absolute Gasteiger partial charge is 0.310 e. The summed E-state index contributed by atoms with van der Waals surface area (Å²) in [6.45, 7) is 17.0. The summed E-state index contributed by atoms with van der Waals surface area (Å²) in [5, 5.41) is 14.1. The van der Waals surface area contributed by atoms with E-state index >= 15 is 0 Å². The number of benzene rings is 10. The maximum absolute atomic E-state index is 5.07. The van der Waals surface area contributed by atoms with Gasteiger partial charge in [-0.3, -0.25) is 0 Å². The zero-order valence-electron chi connectivity index (χ0n) is 44.8. The fraction of sp³-hybridized carbons (Fsp3) is 0.114. The van der Waals surface area contributed by atoms with Gasteiger partial charge in [-0.1, -0.05) is 143 Å². The molecule has 0 unspecified atom stereocenters. The summed E-state index contributed by atoms with van der Waals surface area (Å²) >= 11 is 0. The second kappa shape index (κ2) is 22.5. The lowest BCUT2D eigenvalue weighted by molar-refractivity contribution is 1.09. The molecule has 10 rings (SSSR count). The molecule has 10 aromatic carbocycles. The van der Waals surface area contributed by atoms with E-state index < -0.39 is 0 Å². The average molecular weight is 989 g/mol. The van der Waals surface area contributed by atoms with Crippen molar-refractivity contribution >= 4 is 69.3 Å². The van der Waals surface area contributed by atoms with Crippen LogP contribution in [0.2, 0.25) is 0 Å². The first-order valence-electron chi connectivity index (χ1n) is 26.0. The van der Waals surface area contributed by atoms with E-state index in [0.29, 0.717) is 0 Å². The van der Waals surface area contributed by atoms with Crippen LogP contribution in [0, 0.1) is 55.4 Å². The summed E-state index contributed by atoms with van der Waals surface area (Å²) in [5.41, 5.74) is 24.4. The summed E-state index contributed by atoms with van der Waals surface area (Å²) in [4.78, 5) is 4.65. The van der Waals surface area contributed by atoms with Gasteiger partial charge in [0.15, 0.2) is 0 Å². The Kier molecular flexibility index (Phi) is 14.9. The van der Waals surface area contributed by atoms with Gasteiger partial charge in [-0.2, -0.15) is 10.2 Å². The lowest BCUT2D eigenvalue weighted by atomic mass is 10.0. The van der Waals surface area contributed by atoms with Gasteiger partial charge in [0.1, 0.15) is 0 Å². The van der Waals surface area contributed by atoms with E-state index in [1.165, 1.54) is 33.4 Å². The van der Waals surface area contributed by atoms with Crippen LogP contribution in [0.15, 0.2) is 241 Å². The molecule has 76 heavy (non-hydrogen) atoms. The van der Waals surface area contributed by atoms with Crippen LogP contribution in [0.4, 0.5) is 56.9 Å². The molecule has 10 aromatic rings. The molecule has 0 fully saturated rings. The fourth-order valence-corrected chi connectivity index (χ4v) is 9.32. The molecular formula is C70H64N6. The highest BCUT2D eigenvalue weighted by Gasteiger charge is 2.18. The molecule has 0 spiro atoms. The molecular weight excluding hydrogens is 925 g/mol. The first kappa shape index (κ1) is 50.3. The predicted molar refractivity (Wildman–Crippen MR) is 324 cm³/mol. The Balaban J connectivity index is 0.915. The van der Waals surface area contributed by atoms with Crippen LogP contribution in [-0.2, 0) is 0 Å². The molecule has 0 amide bonds. The van der Waals surface area contributed by atoms with Crippen molar-refractivity contribution in [3.05, 3.63) is 286 Å². The maximum Gasteiger partial charge on any atom is 0.0652 e. The summed E-state index contributed by atoms with van der Waals surface area (Å²) < 4.78 is 0. The van der Waals surface area contributed by atoms with Crippen molar-refractivity contribution in [2.45, 2.75) is 55.4 Å². The van der Waals surface area contributed by atoms with E-state index in [1.54, 1.807) is 0 Å². The van der Waals surface area contributed by atoms with Crippen LogP contribution in [-0.4, -0.2) is 12.4 Å². The molecule has 374 valence electrons. The molecule has 0 aliphatic heterocycles. The monoisotopic (exact) mass is 989 g/mol. The van der Waals surface area contributed by atoms with Gasteiger partial charge in [-0.15, -0.1) is 0 Å². The Bertz CT molecular complexity index is 3280. The molecule has 0 radical (unpaired) electrons. The van der Waals surface area contributed by atoms with Gasteiger partial charge in [0.05, 0.1) is 35.2 Å². The Hall–Kier alpha value is -9.26. The second-order valence-corrected chi connectivity index (χ2v) is 20.0. The first-order valence-corrected chi connectivity index (χ1v) is 26.0. The molecule has 0 aromatic heterocycles. The highest BCUT2D eigenvalue weighted by atomic mass is 15.5. The molecule has 0 N–H and O–H groups in total. The molecule has 0 aliphatic rings. The van der Waals surface area contributed by atoms with E-state index in [2.05, 4.69) is 296 Å². The standard InChI is InChI=1S/C70H64N6/c1-49-9-27-61(28-10-49)73(69-43-25-59(55(7)45-69)47-71-75(65-31-13-51(3)14-32-65)66-33-15-52(4)16-34-66)63-39-21-57(22-40-63)58-23-41-64(42-24-58)74(62-29-11-50(2)12-30-62)70-44-26-60(56(8)46-70)48-72-76(67-35-17-53(5)18-36-67)68-37-19-54(6)20-38-68/h9-48H,1-8H3/b71-47+,72-48+. The minimum absolute atomic E-state index is 1.01. The van der Waals surface area contributed by atoms with Gasteiger partial charge < -0.3 is 9.80 Å². The zero-order chi connectivity index (χ0) is 52.7. The average Bonchev–Trinajstić information content (AvgIpc) is 3.44. The minimum Gasteiger partial charge on any atom is -0.310 e. The first-order chi connectivity index (χ1) is 36.9. The number of aryl methyl sites for hydroxylation is 8. The van der Waals surface area contributed by atoms with Gasteiger partial charge in [-0.05, 0) is 210 Å². The normalized spacial score (nSPS) is 11.3. The van der Waals surface area contributed by atoms with Crippen LogP contribution in [0.25, 0.3) is 11.1 Å². The lowest BCUT2D eigenvalue weighted by Crippen LogP contribution is -2.11. The number of anilines is 10. The molecule has 0 aliphatic carbocycles. The smallest absolute Gasteiger partial charge is 0.0652 e. The van der Waals surface area contributed by atoms with E-state index in [4.69, 9.17) is 10.2 Å². The van der Waals surface area contributed by atoms with Crippen molar-refractivity contribution in [3.63, 3.8) is 0 Å². The third-order valence-electron chi connectivity index (χ3n) is 13.9. The molecule has 0 bridgehead atoms. The number of nitrogens with zero attached hydrogens (tertiary/aromatic N) is 6. The van der Waals surface area contributed by atoms with Gasteiger partial charge in [0.2, 0.25) is 0 Å². The molecule has 6 heteroatoms. The predicted octanol–water partition coefficient (Wildman–Crippen LogP) is 19.1. The van der Waals surface area contributed by atoms with Gasteiger partial charge in [-0.25, -0.2) is 10.0 Å². The molecule has 6 nitrogen and oxygen atoms in total. The zero-order valence-corrected chi connectivity index (χ0v) is 44.8. The number of hydrazone groups is 2. The lowest BCUT2D eigenvalue weighted by Gasteiger charge is -2.27. The molecule has 0 saturated heterocycles. The molecule has 0 atom stereocenters. The number of rotatable bonds is 15. The van der Waals surface area contributed by atoms with Gasteiger partial charge in [0.25, 0.3) is 0 Å². The summed E-state index contributed by atoms with van der Waals surface area (Å²) in [6.07, 6.45) is 3.94. The molecule has 0 saturated carbocycles. The van der Waals surface area contributed by atoms with Crippen molar-refractivity contribution in [2.24, 2.45) is 10.2 Å². The topological polar surface area (TPSA) is 37.7 Å². The van der Waals surface area contributed by atoms with Crippen molar-refractivity contribution in [2.75, 3.05) is 19.8 Å². The van der Waals surface area contributed by atoms with Crippen LogP contribution in [0.3, 0.4) is 0 Å². The Morgan fingerprint density at radius 2 is 0.447 bits per heavy atom. The Morgan fingerprint density at radius 3 is 0.684 bits per heavy atom. The quantitative estimate of drug-likeness (QED) is 0.0758.